The number of likely N-dealkylation sites (tertiary alicyclic amines) is 1. The number of carbonyl (C=O) groups excluding carboxylic acids is 2. The zero-order chi connectivity index (χ0) is 24.5. The third-order valence-electron chi connectivity index (χ3n) is 5.95. The summed E-state index contributed by atoms with van der Waals surface area (Å²) >= 11 is 0. The molecule has 0 radical (unpaired) electrons. The number of benzene rings is 1. The van der Waals surface area contributed by atoms with Crippen molar-refractivity contribution in [2.45, 2.75) is 45.1 Å². The molecule has 0 aliphatic carbocycles. The third kappa shape index (κ3) is 6.34. The minimum Gasteiger partial charge on any atom is -0.385 e. The molecule has 10 nitrogen and oxygen atoms in total. The number of nitrogens with zero attached hydrogens (tertiary/aromatic N) is 3. The molecular formula is C24H33N5O5. The highest BCUT2D eigenvalue weighted by atomic mass is 16.5. The monoisotopic (exact) mass is 471 g/mol. The first-order valence-electron chi connectivity index (χ1n) is 11.7. The van der Waals surface area contributed by atoms with Gasteiger partial charge in [0, 0.05) is 33.2 Å². The van der Waals surface area contributed by atoms with Gasteiger partial charge in [-0.05, 0) is 24.8 Å². The number of hydrogen-bond acceptors (Lipinski definition) is 6. The Balaban J connectivity index is 1.94. The first-order chi connectivity index (χ1) is 16.4. The van der Waals surface area contributed by atoms with Crippen LogP contribution in [0, 0.1) is 0 Å². The van der Waals surface area contributed by atoms with E-state index in [-0.39, 0.29) is 37.0 Å². The average Bonchev–Trinajstić information content (AvgIpc) is 2.81. The van der Waals surface area contributed by atoms with Crippen LogP contribution in [0.4, 0.5) is 11.5 Å². The topological polar surface area (TPSA) is 131 Å². The third-order valence-corrected chi connectivity index (χ3v) is 5.95. The number of aromatic amines is 1. The quantitative estimate of drug-likeness (QED) is 0.531. The van der Waals surface area contributed by atoms with Crippen molar-refractivity contribution in [1.82, 2.24) is 14.5 Å². The lowest BCUT2D eigenvalue weighted by Crippen LogP contribution is -2.47. The number of ether oxygens (including phenoxy) is 1. The summed E-state index contributed by atoms with van der Waals surface area (Å²) in [5.41, 5.74) is 5.66. The van der Waals surface area contributed by atoms with E-state index in [9.17, 15) is 19.2 Å². The molecular weight excluding hydrogens is 438 g/mol. The van der Waals surface area contributed by atoms with Crippen molar-refractivity contribution in [2.24, 2.45) is 0 Å². The summed E-state index contributed by atoms with van der Waals surface area (Å²) in [6, 6.07) is 9.21. The molecule has 10 heteroatoms. The van der Waals surface area contributed by atoms with E-state index in [4.69, 9.17) is 10.5 Å². The smallest absolute Gasteiger partial charge is 0.330 e. The van der Waals surface area contributed by atoms with E-state index in [0.29, 0.717) is 26.0 Å². The summed E-state index contributed by atoms with van der Waals surface area (Å²) in [4.78, 5) is 56.5. The highest BCUT2D eigenvalue weighted by Crippen LogP contribution is 2.20. The van der Waals surface area contributed by atoms with Crippen LogP contribution in [-0.4, -0.2) is 59.6 Å². The summed E-state index contributed by atoms with van der Waals surface area (Å²) in [6.45, 7) is 1.01. The molecule has 1 aromatic carbocycles. The van der Waals surface area contributed by atoms with Gasteiger partial charge in [0.2, 0.25) is 11.8 Å². The molecule has 3 N–H and O–H groups in total. The molecule has 34 heavy (non-hydrogen) atoms. The van der Waals surface area contributed by atoms with Gasteiger partial charge in [-0.25, -0.2) is 4.79 Å². The van der Waals surface area contributed by atoms with Gasteiger partial charge in [0.1, 0.15) is 12.4 Å². The van der Waals surface area contributed by atoms with Crippen molar-refractivity contribution in [1.29, 1.82) is 0 Å². The van der Waals surface area contributed by atoms with Crippen LogP contribution < -0.4 is 21.9 Å². The van der Waals surface area contributed by atoms with E-state index in [0.717, 1.165) is 31.2 Å². The van der Waals surface area contributed by atoms with Gasteiger partial charge in [-0.3, -0.25) is 23.9 Å². The van der Waals surface area contributed by atoms with Gasteiger partial charge in [0.05, 0.1) is 6.54 Å². The first-order valence-corrected chi connectivity index (χ1v) is 11.7. The van der Waals surface area contributed by atoms with Crippen LogP contribution in [0.5, 0.6) is 0 Å². The molecule has 1 saturated heterocycles. The molecule has 0 atom stereocenters. The van der Waals surface area contributed by atoms with Crippen molar-refractivity contribution in [3.63, 3.8) is 0 Å². The number of H-pyrrole nitrogens is 1. The lowest BCUT2D eigenvalue weighted by Gasteiger charge is -2.29. The van der Waals surface area contributed by atoms with Crippen molar-refractivity contribution in [3.05, 3.63) is 56.7 Å². The normalized spacial score (nSPS) is 14.5. The fourth-order valence-corrected chi connectivity index (χ4v) is 4.12. The predicted octanol–water partition coefficient (Wildman–Crippen LogP) is 1.33. The van der Waals surface area contributed by atoms with Crippen molar-refractivity contribution in [3.8, 4) is 0 Å². The Labute approximate surface area is 198 Å². The second-order valence-corrected chi connectivity index (χ2v) is 8.44. The Kier molecular flexibility index (Phi) is 9.03. The standard InChI is InChI=1S/C24H33N5O5/c1-34-15-9-14-28(20(31)17-27-13-8-3-2-7-12-19(27)30)21-22(25)29(24(33)26-23(21)32)16-18-10-5-4-6-11-18/h4-6,10-11H,2-3,7-9,12-17,25H2,1H3,(H,26,32,33). The number of hydrogen-bond donors (Lipinski definition) is 2. The molecule has 2 amide bonds. The van der Waals surface area contributed by atoms with E-state index >= 15 is 0 Å². The molecule has 1 aliphatic heterocycles. The average molecular weight is 472 g/mol. The molecule has 1 aliphatic rings. The Morgan fingerprint density at radius 1 is 1.12 bits per heavy atom. The summed E-state index contributed by atoms with van der Waals surface area (Å²) in [5.74, 6) is -0.588. The fraction of sp³-hybridized carbons (Fsp3) is 0.500. The molecule has 2 heterocycles. The number of anilines is 2. The fourth-order valence-electron chi connectivity index (χ4n) is 4.12. The molecule has 1 aromatic heterocycles. The molecule has 184 valence electrons. The summed E-state index contributed by atoms with van der Waals surface area (Å²) in [6.07, 6.45) is 4.50. The summed E-state index contributed by atoms with van der Waals surface area (Å²) in [5, 5.41) is 0. The highest BCUT2D eigenvalue weighted by Gasteiger charge is 2.27. The van der Waals surface area contributed by atoms with Crippen LogP contribution in [0.2, 0.25) is 0 Å². The van der Waals surface area contributed by atoms with Crippen molar-refractivity contribution >= 4 is 23.3 Å². The lowest BCUT2D eigenvalue weighted by molar-refractivity contribution is -0.135. The minimum atomic E-state index is -0.739. The predicted molar refractivity (Wildman–Crippen MR) is 130 cm³/mol. The van der Waals surface area contributed by atoms with E-state index in [2.05, 4.69) is 4.98 Å². The SMILES string of the molecule is COCCCN(C(=O)CN1CCCCCCC1=O)c1c(N)n(Cc2ccccc2)c(=O)[nH]c1=O. The van der Waals surface area contributed by atoms with Crippen LogP contribution in [0.25, 0.3) is 0 Å². The van der Waals surface area contributed by atoms with Gasteiger partial charge in [-0.2, -0.15) is 0 Å². The second kappa shape index (κ2) is 12.2. The molecule has 0 bridgehead atoms. The van der Waals surface area contributed by atoms with Gasteiger partial charge >= 0.3 is 5.69 Å². The number of carbonyl (C=O) groups is 2. The number of nitrogens with two attached hydrogens (primary N) is 1. The molecule has 2 aromatic rings. The highest BCUT2D eigenvalue weighted by molar-refractivity contribution is 5.98. The van der Waals surface area contributed by atoms with Crippen molar-refractivity contribution in [2.75, 3.05) is 44.0 Å². The number of nitrogens with one attached hydrogen (secondary N) is 1. The zero-order valence-electron chi connectivity index (χ0n) is 19.6. The first kappa shape index (κ1) is 25.2. The molecule has 1 fully saturated rings. The van der Waals surface area contributed by atoms with E-state index in [1.54, 1.807) is 12.0 Å². The van der Waals surface area contributed by atoms with Crippen LogP contribution in [0.3, 0.4) is 0 Å². The van der Waals surface area contributed by atoms with Gasteiger partial charge in [-0.1, -0.05) is 43.2 Å². The number of amides is 2. The number of methoxy groups -OCH3 is 1. The molecule has 0 spiro atoms. The Morgan fingerprint density at radius 3 is 2.59 bits per heavy atom. The maximum Gasteiger partial charge on any atom is 0.330 e. The number of rotatable bonds is 9. The largest absolute Gasteiger partial charge is 0.385 e. The van der Waals surface area contributed by atoms with Gasteiger partial charge in [-0.15, -0.1) is 0 Å². The van der Waals surface area contributed by atoms with Gasteiger partial charge in [0.25, 0.3) is 5.56 Å². The van der Waals surface area contributed by atoms with Crippen LogP contribution in [-0.2, 0) is 20.9 Å². The van der Waals surface area contributed by atoms with Gasteiger partial charge in [0.15, 0.2) is 5.69 Å². The van der Waals surface area contributed by atoms with Crippen LogP contribution in [0.1, 0.15) is 44.1 Å². The molecule has 0 unspecified atom stereocenters. The number of aromatic nitrogens is 2. The lowest BCUT2D eigenvalue weighted by atomic mass is 10.1. The summed E-state index contributed by atoms with van der Waals surface area (Å²) in [7, 11) is 1.55. The van der Waals surface area contributed by atoms with Crippen molar-refractivity contribution < 1.29 is 14.3 Å². The van der Waals surface area contributed by atoms with E-state index in [1.807, 2.05) is 30.3 Å². The summed E-state index contributed by atoms with van der Waals surface area (Å²) < 4.78 is 6.35. The van der Waals surface area contributed by atoms with Crippen LogP contribution in [0.15, 0.2) is 39.9 Å². The zero-order valence-corrected chi connectivity index (χ0v) is 19.6. The number of nitrogen functional groups attached to an aromatic ring is 1. The minimum absolute atomic E-state index is 0.0687. The maximum atomic E-state index is 13.4. The van der Waals surface area contributed by atoms with E-state index in [1.165, 1.54) is 9.47 Å². The second-order valence-electron chi connectivity index (χ2n) is 8.44. The maximum absolute atomic E-state index is 13.4. The molecule has 0 saturated carbocycles. The van der Waals surface area contributed by atoms with Gasteiger partial charge < -0.3 is 20.3 Å². The Morgan fingerprint density at radius 2 is 1.85 bits per heavy atom. The van der Waals surface area contributed by atoms with E-state index < -0.39 is 17.2 Å². The Hall–Kier alpha value is -3.40. The van der Waals surface area contributed by atoms with Crippen LogP contribution >= 0.6 is 0 Å². The molecule has 3 rings (SSSR count). The Bertz CT molecular complexity index is 1100.